The molecule has 18 heavy (non-hydrogen) atoms. The Labute approximate surface area is 116 Å². The van der Waals surface area contributed by atoms with Gasteiger partial charge in [-0.3, -0.25) is 0 Å². The second kappa shape index (κ2) is 6.44. The Morgan fingerprint density at radius 2 is 2.00 bits per heavy atom. The van der Waals surface area contributed by atoms with Gasteiger partial charge in [-0.2, -0.15) is 0 Å². The van der Waals surface area contributed by atoms with Gasteiger partial charge in [0.05, 0.1) is 7.11 Å². The van der Waals surface area contributed by atoms with E-state index in [-0.39, 0.29) is 11.5 Å². The Morgan fingerprint density at radius 1 is 1.33 bits per heavy atom. The predicted octanol–water partition coefficient (Wildman–Crippen LogP) is 4.44. The quantitative estimate of drug-likeness (QED) is 0.854. The van der Waals surface area contributed by atoms with E-state index in [1.807, 2.05) is 12.1 Å². The summed E-state index contributed by atoms with van der Waals surface area (Å²) in [5.41, 5.74) is 1.41. The fourth-order valence-corrected chi connectivity index (χ4v) is 2.37. The predicted molar refractivity (Wildman–Crippen MR) is 78.5 cm³/mol. The highest BCUT2D eigenvalue weighted by molar-refractivity contribution is 6.31. The van der Waals surface area contributed by atoms with Gasteiger partial charge in [0.2, 0.25) is 0 Å². The summed E-state index contributed by atoms with van der Waals surface area (Å²) in [5, 5.41) is 4.28. The van der Waals surface area contributed by atoms with Crippen LogP contribution < -0.4 is 10.1 Å². The molecular weight excluding hydrogens is 246 g/mol. The molecule has 0 aromatic heterocycles. The van der Waals surface area contributed by atoms with E-state index in [0.717, 1.165) is 29.3 Å². The minimum absolute atomic E-state index is 0.260. The van der Waals surface area contributed by atoms with E-state index in [1.165, 1.54) is 0 Å². The summed E-state index contributed by atoms with van der Waals surface area (Å²) < 4.78 is 5.19. The number of ether oxygens (including phenoxy) is 1. The Bertz CT molecular complexity index is 385. The van der Waals surface area contributed by atoms with Gasteiger partial charge in [-0.05, 0) is 36.1 Å². The Balaban J connectivity index is 2.98. The molecule has 1 aromatic rings. The maximum Gasteiger partial charge on any atom is 0.120 e. The molecule has 0 saturated heterocycles. The van der Waals surface area contributed by atoms with Crippen LogP contribution in [0, 0.1) is 5.41 Å². The normalized spacial score (nSPS) is 13.4. The Morgan fingerprint density at radius 3 is 2.44 bits per heavy atom. The number of hydrogen-bond acceptors (Lipinski definition) is 2. The van der Waals surface area contributed by atoms with Gasteiger partial charge in [0, 0.05) is 11.1 Å². The number of halogens is 1. The van der Waals surface area contributed by atoms with Gasteiger partial charge in [0.15, 0.2) is 0 Å². The number of hydrogen-bond donors (Lipinski definition) is 1. The zero-order chi connectivity index (χ0) is 13.8. The molecule has 0 fully saturated rings. The maximum absolute atomic E-state index is 6.35. The van der Waals surface area contributed by atoms with Crippen LogP contribution in [-0.2, 0) is 0 Å². The van der Waals surface area contributed by atoms with Crippen LogP contribution in [-0.4, -0.2) is 13.7 Å². The largest absolute Gasteiger partial charge is 0.497 e. The molecule has 102 valence electrons. The lowest BCUT2D eigenvalue weighted by molar-refractivity contribution is 0.314. The third-order valence-corrected chi connectivity index (χ3v) is 3.18. The standard InChI is InChI=1S/C15H24ClNO/c1-6-17-14(10-15(2,3)4)12-8-7-11(18-5)9-13(12)16/h7-9,14,17H,6,10H2,1-5H3. The molecule has 2 nitrogen and oxygen atoms in total. The van der Waals surface area contributed by atoms with Crippen LogP contribution in [0.4, 0.5) is 0 Å². The van der Waals surface area contributed by atoms with Crippen LogP contribution in [0.25, 0.3) is 0 Å². The highest BCUT2D eigenvalue weighted by Gasteiger charge is 2.21. The van der Waals surface area contributed by atoms with Gasteiger partial charge < -0.3 is 10.1 Å². The first-order valence-electron chi connectivity index (χ1n) is 6.44. The first-order valence-corrected chi connectivity index (χ1v) is 6.82. The van der Waals surface area contributed by atoms with E-state index in [9.17, 15) is 0 Å². The summed E-state index contributed by atoms with van der Waals surface area (Å²) in [6.45, 7) is 9.79. The van der Waals surface area contributed by atoms with Crippen molar-refractivity contribution >= 4 is 11.6 Å². The summed E-state index contributed by atoms with van der Waals surface area (Å²) in [5.74, 6) is 0.801. The summed E-state index contributed by atoms with van der Waals surface area (Å²) in [4.78, 5) is 0. The summed E-state index contributed by atoms with van der Waals surface area (Å²) in [7, 11) is 1.66. The molecule has 1 N–H and O–H groups in total. The topological polar surface area (TPSA) is 21.3 Å². The van der Waals surface area contributed by atoms with Crippen LogP contribution in [0.2, 0.25) is 5.02 Å². The Hall–Kier alpha value is -0.730. The first-order chi connectivity index (χ1) is 8.37. The lowest BCUT2D eigenvalue weighted by atomic mass is 9.85. The van der Waals surface area contributed by atoms with Crippen molar-refractivity contribution < 1.29 is 4.74 Å². The van der Waals surface area contributed by atoms with Crippen LogP contribution in [0.3, 0.4) is 0 Å². The molecule has 3 heteroatoms. The molecule has 0 saturated carbocycles. The molecule has 1 atom stereocenters. The van der Waals surface area contributed by atoms with Crippen molar-refractivity contribution in [2.75, 3.05) is 13.7 Å². The van der Waals surface area contributed by atoms with Crippen molar-refractivity contribution in [3.63, 3.8) is 0 Å². The van der Waals surface area contributed by atoms with Gasteiger partial charge >= 0.3 is 0 Å². The second-order valence-electron chi connectivity index (χ2n) is 5.76. The fraction of sp³-hybridized carbons (Fsp3) is 0.600. The number of benzene rings is 1. The molecule has 0 bridgehead atoms. The number of nitrogens with one attached hydrogen (secondary N) is 1. The average molecular weight is 270 g/mol. The van der Waals surface area contributed by atoms with Crippen molar-refractivity contribution in [2.45, 2.75) is 40.2 Å². The van der Waals surface area contributed by atoms with E-state index in [0.29, 0.717) is 0 Å². The Kier molecular flexibility index (Phi) is 5.48. The minimum Gasteiger partial charge on any atom is -0.497 e. The van der Waals surface area contributed by atoms with E-state index >= 15 is 0 Å². The van der Waals surface area contributed by atoms with Crippen molar-refractivity contribution in [2.24, 2.45) is 5.41 Å². The number of methoxy groups -OCH3 is 1. The van der Waals surface area contributed by atoms with Crippen molar-refractivity contribution in [1.82, 2.24) is 5.32 Å². The zero-order valence-electron chi connectivity index (χ0n) is 12.0. The SMILES string of the molecule is CCNC(CC(C)(C)C)c1ccc(OC)cc1Cl. The molecule has 1 rings (SSSR count). The molecule has 0 radical (unpaired) electrons. The molecule has 0 heterocycles. The lowest BCUT2D eigenvalue weighted by Gasteiger charge is -2.27. The third-order valence-electron chi connectivity index (χ3n) is 2.85. The van der Waals surface area contributed by atoms with Crippen LogP contribution in [0.15, 0.2) is 18.2 Å². The fourth-order valence-electron chi connectivity index (χ4n) is 2.07. The highest BCUT2D eigenvalue weighted by atomic mass is 35.5. The summed E-state index contributed by atoms with van der Waals surface area (Å²) >= 11 is 6.35. The molecule has 0 amide bonds. The maximum atomic E-state index is 6.35. The van der Waals surface area contributed by atoms with E-state index in [1.54, 1.807) is 7.11 Å². The van der Waals surface area contributed by atoms with Crippen LogP contribution in [0.1, 0.15) is 45.7 Å². The molecular formula is C15H24ClNO. The van der Waals surface area contributed by atoms with Gasteiger partial charge in [0.25, 0.3) is 0 Å². The lowest BCUT2D eigenvalue weighted by Crippen LogP contribution is -2.25. The molecule has 0 aliphatic rings. The van der Waals surface area contributed by atoms with Crippen molar-refractivity contribution in [1.29, 1.82) is 0 Å². The van der Waals surface area contributed by atoms with Gasteiger partial charge in [0.1, 0.15) is 5.75 Å². The monoisotopic (exact) mass is 269 g/mol. The van der Waals surface area contributed by atoms with E-state index < -0.39 is 0 Å². The van der Waals surface area contributed by atoms with Crippen molar-refractivity contribution in [3.8, 4) is 5.75 Å². The average Bonchev–Trinajstić information content (AvgIpc) is 2.26. The molecule has 1 aromatic carbocycles. The highest BCUT2D eigenvalue weighted by Crippen LogP contribution is 2.34. The molecule has 1 unspecified atom stereocenters. The third kappa shape index (κ3) is 4.51. The first kappa shape index (κ1) is 15.3. The van der Waals surface area contributed by atoms with Gasteiger partial charge in [-0.15, -0.1) is 0 Å². The smallest absolute Gasteiger partial charge is 0.120 e. The van der Waals surface area contributed by atoms with Crippen LogP contribution >= 0.6 is 11.6 Å². The van der Waals surface area contributed by atoms with E-state index in [2.05, 4.69) is 39.1 Å². The van der Waals surface area contributed by atoms with Crippen molar-refractivity contribution in [3.05, 3.63) is 28.8 Å². The zero-order valence-corrected chi connectivity index (χ0v) is 12.8. The number of rotatable bonds is 5. The molecule has 0 spiro atoms. The summed E-state index contributed by atoms with van der Waals surface area (Å²) in [6, 6.07) is 6.19. The minimum atomic E-state index is 0.260. The van der Waals surface area contributed by atoms with Gasteiger partial charge in [-0.1, -0.05) is 45.4 Å². The van der Waals surface area contributed by atoms with E-state index in [4.69, 9.17) is 16.3 Å². The van der Waals surface area contributed by atoms with Crippen LogP contribution in [0.5, 0.6) is 5.75 Å². The van der Waals surface area contributed by atoms with Gasteiger partial charge in [-0.25, -0.2) is 0 Å². The molecule has 0 aliphatic carbocycles. The summed E-state index contributed by atoms with van der Waals surface area (Å²) in [6.07, 6.45) is 1.05. The second-order valence-corrected chi connectivity index (χ2v) is 6.17. The molecule has 0 aliphatic heterocycles.